The molecule has 9 heteroatoms. The fraction of sp³-hybridized carbons (Fsp3) is 0.455. The second-order valence-corrected chi connectivity index (χ2v) is 6.62. The summed E-state index contributed by atoms with van der Waals surface area (Å²) in [4.78, 5) is -0.127. The van der Waals surface area contributed by atoms with E-state index >= 15 is 0 Å². The van der Waals surface area contributed by atoms with Crippen LogP contribution in [0, 0.1) is 0 Å². The molecule has 0 unspecified atom stereocenters. The fourth-order valence-electron chi connectivity index (χ4n) is 1.91. The Balaban J connectivity index is 2.27. The fourth-order valence-corrected chi connectivity index (χ4v) is 3.72. The minimum atomic E-state index is -3.79. The van der Waals surface area contributed by atoms with E-state index in [2.05, 4.69) is 4.74 Å². The van der Waals surface area contributed by atoms with Crippen molar-refractivity contribution in [3.05, 3.63) is 23.2 Å². The van der Waals surface area contributed by atoms with E-state index in [1.807, 2.05) is 0 Å². The molecule has 1 aromatic carbocycles. The van der Waals surface area contributed by atoms with Gasteiger partial charge in [0.25, 0.3) is 0 Å². The highest BCUT2D eigenvalue weighted by molar-refractivity contribution is 7.89. The number of aliphatic hydroxyl groups is 1. The predicted molar refractivity (Wildman–Crippen MR) is 67.5 cm³/mol. The average molecular weight is 328 g/mol. The lowest BCUT2D eigenvalue weighted by molar-refractivity contribution is -0.0498. The summed E-state index contributed by atoms with van der Waals surface area (Å²) in [5.41, 5.74) is 0. The first kappa shape index (κ1) is 15.4. The van der Waals surface area contributed by atoms with Gasteiger partial charge in [-0.2, -0.15) is 13.1 Å². The van der Waals surface area contributed by atoms with Crippen LogP contribution in [0.15, 0.2) is 23.1 Å². The molecule has 0 amide bonds. The molecular formula is C11H12ClF2NO4S. The minimum Gasteiger partial charge on any atom is -0.433 e. The maximum Gasteiger partial charge on any atom is 0.387 e. The molecule has 0 radical (unpaired) electrons. The maximum absolute atomic E-state index is 12.2. The molecule has 1 heterocycles. The topological polar surface area (TPSA) is 66.8 Å². The van der Waals surface area contributed by atoms with Crippen molar-refractivity contribution in [1.29, 1.82) is 0 Å². The molecule has 1 aromatic rings. The third kappa shape index (κ3) is 3.20. The predicted octanol–water partition coefficient (Wildman–Crippen LogP) is 1.70. The molecule has 0 aliphatic carbocycles. The number of nitrogens with zero attached hydrogens (tertiary/aromatic N) is 1. The molecule has 0 bridgehead atoms. The van der Waals surface area contributed by atoms with Gasteiger partial charge < -0.3 is 9.84 Å². The van der Waals surface area contributed by atoms with Crippen LogP contribution in [-0.4, -0.2) is 43.6 Å². The van der Waals surface area contributed by atoms with Crippen LogP contribution in [0.5, 0.6) is 5.75 Å². The van der Waals surface area contributed by atoms with Crippen molar-refractivity contribution in [2.45, 2.75) is 24.0 Å². The largest absolute Gasteiger partial charge is 0.433 e. The van der Waals surface area contributed by atoms with Gasteiger partial charge in [-0.1, -0.05) is 11.6 Å². The van der Waals surface area contributed by atoms with Crippen molar-refractivity contribution in [2.24, 2.45) is 0 Å². The number of aliphatic hydroxyl groups excluding tert-OH is 1. The molecule has 0 spiro atoms. The molecule has 1 fully saturated rings. The Morgan fingerprint density at radius 3 is 2.65 bits per heavy atom. The second kappa shape index (κ2) is 5.80. The quantitative estimate of drug-likeness (QED) is 0.914. The van der Waals surface area contributed by atoms with Crippen molar-refractivity contribution in [3.63, 3.8) is 0 Å². The Morgan fingerprint density at radius 1 is 1.45 bits per heavy atom. The summed E-state index contributed by atoms with van der Waals surface area (Å²) in [7, 11) is -3.79. The Morgan fingerprint density at radius 2 is 2.15 bits per heavy atom. The van der Waals surface area contributed by atoms with E-state index in [0.29, 0.717) is 6.42 Å². The van der Waals surface area contributed by atoms with E-state index in [4.69, 9.17) is 11.6 Å². The summed E-state index contributed by atoms with van der Waals surface area (Å²) in [5.74, 6) is -0.290. The van der Waals surface area contributed by atoms with Gasteiger partial charge in [-0.25, -0.2) is 8.42 Å². The van der Waals surface area contributed by atoms with Gasteiger partial charge in [0.2, 0.25) is 10.0 Å². The number of hydrogen-bond acceptors (Lipinski definition) is 4. The van der Waals surface area contributed by atoms with Gasteiger partial charge in [0.05, 0.1) is 16.0 Å². The van der Waals surface area contributed by atoms with Gasteiger partial charge in [0, 0.05) is 13.1 Å². The number of rotatable bonds is 4. The molecule has 1 N–H and O–H groups in total. The zero-order valence-corrected chi connectivity index (χ0v) is 11.7. The van der Waals surface area contributed by atoms with Crippen LogP contribution >= 0.6 is 11.6 Å². The number of benzene rings is 1. The number of halogens is 3. The Bertz CT molecular complexity index is 596. The van der Waals surface area contributed by atoms with Gasteiger partial charge in [-0.05, 0) is 24.6 Å². The van der Waals surface area contributed by atoms with Crippen molar-refractivity contribution in [1.82, 2.24) is 4.31 Å². The van der Waals surface area contributed by atoms with Crippen LogP contribution in [0.1, 0.15) is 6.42 Å². The summed E-state index contributed by atoms with van der Waals surface area (Å²) in [6.07, 6.45) is -0.332. The van der Waals surface area contributed by atoms with Crippen molar-refractivity contribution in [3.8, 4) is 5.75 Å². The SMILES string of the molecule is O=S(=O)(c1ccc(OC(F)F)c(Cl)c1)N1CC[C@@H](O)C1. The molecule has 2 rings (SSSR count). The first-order valence-corrected chi connectivity index (χ1v) is 7.55. The summed E-state index contributed by atoms with van der Waals surface area (Å²) < 4.78 is 53.9. The van der Waals surface area contributed by atoms with Crippen LogP contribution in [0.4, 0.5) is 8.78 Å². The monoisotopic (exact) mass is 327 g/mol. The normalized spacial score (nSPS) is 20.6. The van der Waals surface area contributed by atoms with Gasteiger partial charge >= 0.3 is 6.61 Å². The second-order valence-electron chi connectivity index (χ2n) is 4.28. The molecule has 112 valence electrons. The minimum absolute atomic E-state index is 0.00916. The Hall–Kier alpha value is -0.960. The van der Waals surface area contributed by atoms with Crippen LogP contribution in [0.25, 0.3) is 0 Å². The van der Waals surface area contributed by atoms with Crippen molar-refractivity contribution >= 4 is 21.6 Å². The van der Waals surface area contributed by atoms with Gasteiger partial charge in [0.15, 0.2) is 0 Å². The molecular weight excluding hydrogens is 316 g/mol. The van der Waals surface area contributed by atoms with Gasteiger partial charge in [0.1, 0.15) is 5.75 Å². The van der Waals surface area contributed by atoms with E-state index in [-0.39, 0.29) is 28.8 Å². The van der Waals surface area contributed by atoms with E-state index in [0.717, 1.165) is 22.5 Å². The molecule has 1 saturated heterocycles. The van der Waals surface area contributed by atoms with E-state index in [9.17, 15) is 22.3 Å². The van der Waals surface area contributed by atoms with Crippen LogP contribution in [0.2, 0.25) is 5.02 Å². The van der Waals surface area contributed by atoms with Gasteiger partial charge in [-0.3, -0.25) is 0 Å². The summed E-state index contributed by atoms with van der Waals surface area (Å²) in [6.45, 7) is -2.82. The summed E-state index contributed by atoms with van der Waals surface area (Å²) in [5, 5.41) is 9.16. The highest BCUT2D eigenvalue weighted by Crippen LogP contribution is 2.30. The standard InChI is InChI=1S/C11H12ClF2NO4S/c12-9-5-8(1-2-10(9)19-11(13)14)20(17,18)15-4-3-7(16)6-15/h1-2,5,7,11,16H,3-4,6H2/t7-/m1/s1. The lowest BCUT2D eigenvalue weighted by Crippen LogP contribution is -2.29. The lowest BCUT2D eigenvalue weighted by atomic mass is 10.3. The molecule has 1 atom stereocenters. The first-order chi connectivity index (χ1) is 9.30. The lowest BCUT2D eigenvalue weighted by Gasteiger charge is -2.16. The summed E-state index contributed by atoms with van der Waals surface area (Å²) >= 11 is 5.72. The number of alkyl halides is 2. The number of hydrogen-bond donors (Lipinski definition) is 1. The Kier molecular flexibility index (Phi) is 4.48. The summed E-state index contributed by atoms with van der Waals surface area (Å²) in [6, 6.07) is 3.27. The zero-order chi connectivity index (χ0) is 14.9. The Labute approximate surface area is 119 Å². The average Bonchev–Trinajstić information content (AvgIpc) is 2.78. The van der Waals surface area contributed by atoms with Crippen LogP contribution < -0.4 is 4.74 Å². The first-order valence-electron chi connectivity index (χ1n) is 5.73. The highest BCUT2D eigenvalue weighted by atomic mass is 35.5. The molecule has 1 aliphatic heterocycles. The number of sulfonamides is 1. The van der Waals surface area contributed by atoms with E-state index < -0.39 is 22.7 Å². The third-order valence-electron chi connectivity index (χ3n) is 2.88. The van der Waals surface area contributed by atoms with Crippen LogP contribution in [0.3, 0.4) is 0 Å². The van der Waals surface area contributed by atoms with E-state index in [1.165, 1.54) is 0 Å². The van der Waals surface area contributed by atoms with E-state index in [1.54, 1.807) is 0 Å². The van der Waals surface area contributed by atoms with Crippen LogP contribution in [-0.2, 0) is 10.0 Å². The highest BCUT2D eigenvalue weighted by Gasteiger charge is 2.32. The van der Waals surface area contributed by atoms with Gasteiger partial charge in [-0.15, -0.1) is 0 Å². The van der Waals surface area contributed by atoms with Crippen molar-refractivity contribution in [2.75, 3.05) is 13.1 Å². The molecule has 0 aromatic heterocycles. The van der Waals surface area contributed by atoms with Crippen molar-refractivity contribution < 1.29 is 27.0 Å². The zero-order valence-electron chi connectivity index (χ0n) is 10.2. The smallest absolute Gasteiger partial charge is 0.387 e. The molecule has 1 aliphatic rings. The molecule has 5 nitrogen and oxygen atoms in total. The molecule has 20 heavy (non-hydrogen) atoms. The number of ether oxygens (including phenoxy) is 1. The third-order valence-corrected chi connectivity index (χ3v) is 5.04. The maximum atomic E-state index is 12.2. The number of β-amino-alcohol motifs (C(OH)–C–C–N with tert-alkyl or cyclic N) is 1. The molecule has 0 saturated carbocycles.